The van der Waals surface area contributed by atoms with Gasteiger partial charge in [-0.05, 0) is 36.2 Å². The number of hydrogen-bond acceptors (Lipinski definition) is 4. The second kappa shape index (κ2) is 8.39. The summed E-state index contributed by atoms with van der Waals surface area (Å²) in [5, 5.41) is -0.641. The van der Waals surface area contributed by atoms with Crippen molar-refractivity contribution in [1.29, 1.82) is 0 Å². The number of aromatic nitrogens is 3. The number of hydrogen-bond donors (Lipinski definition) is 0. The molecule has 0 amide bonds. The Hall–Kier alpha value is -2.46. The maximum atomic E-state index is 13.1. The number of imidazole rings is 1. The standard InChI is InChI=1S/C23H26F3N3O3S/c1-22(2,3)21-27-17-13-16(7-8-18(17)29(21)14-15-9-11-32-12-10-15)33(30,31)20-6-4-5-19(28-20)23(24,25)26/h4-8,13,15H,9-12,14H2,1-3H3/p+1. The zero-order valence-corrected chi connectivity index (χ0v) is 19.5. The van der Waals surface area contributed by atoms with E-state index in [9.17, 15) is 21.6 Å². The third-order valence-corrected chi connectivity index (χ3v) is 7.47. The van der Waals surface area contributed by atoms with Gasteiger partial charge < -0.3 is 9.30 Å². The SMILES string of the molecule is CC(C)(C)c1nc2cc(S(=O)(=O)c3cccc(C(F)(F)F)n3)ccc2n1CC1CC[OH+]CC1. The van der Waals surface area contributed by atoms with E-state index in [0.717, 1.165) is 62.1 Å². The Morgan fingerprint density at radius 1 is 1.06 bits per heavy atom. The average molecular weight is 483 g/mol. The van der Waals surface area contributed by atoms with Gasteiger partial charge in [0.05, 0.1) is 15.9 Å². The van der Waals surface area contributed by atoms with Crippen LogP contribution in [0.25, 0.3) is 11.0 Å². The highest BCUT2D eigenvalue weighted by molar-refractivity contribution is 7.91. The minimum atomic E-state index is -4.73. The van der Waals surface area contributed by atoms with Crippen molar-refractivity contribution < 1.29 is 26.3 Å². The summed E-state index contributed by atoms with van der Waals surface area (Å²) in [5.41, 5.74) is -0.227. The van der Waals surface area contributed by atoms with Gasteiger partial charge in [0.2, 0.25) is 9.84 Å². The lowest BCUT2D eigenvalue weighted by Gasteiger charge is -2.25. The molecule has 4 rings (SSSR count). The molecule has 1 fully saturated rings. The fourth-order valence-corrected chi connectivity index (χ4v) is 5.35. The molecule has 0 radical (unpaired) electrons. The van der Waals surface area contributed by atoms with E-state index >= 15 is 0 Å². The molecule has 1 saturated heterocycles. The Labute approximate surface area is 190 Å². The molecule has 1 aliphatic heterocycles. The predicted octanol–water partition coefficient (Wildman–Crippen LogP) is 4.52. The van der Waals surface area contributed by atoms with Gasteiger partial charge in [0, 0.05) is 24.8 Å². The van der Waals surface area contributed by atoms with E-state index in [0.29, 0.717) is 11.4 Å². The first-order valence-electron chi connectivity index (χ1n) is 10.8. The molecule has 2 aromatic heterocycles. The summed E-state index contributed by atoms with van der Waals surface area (Å²) in [7, 11) is -4.25. The number of benzene rings is 1. The highest BCUT2D eigenvalue weighted by atomic mass is 32.2. The Morgan fingerprint density at radius 3 is 2.39 bits per heavy atom. The van der Waals surface area contributed by atoms with Crippen molar-refractivity contribution in [2.75, 3.05) is 13.2 Å². The summed E-state index contributed by atoms with van der Waals surface area (Å²) in [6, 6.07) is 7.39. The monoisotopic (exact) mass is 482 g/mol. The van der Waals surface area contributed by atoms with Crippen molar-refractivity contribution in [3.8, 4) is 0 Å². The highest BCUT2D eigenvalue weighted by Gasteiger charge is 2.34. The molecule has 3 heterocycles. The number of nitrogens with zero attached hydrogens (tertiary/aromatic N) is 3. The predicted molar refractivity (Wildman–Crippen MR) is 118 cm³/mol. The summed E-state index contributed by atoms with van der Waals surface area (Å²) < 4.78 is 71.9. The first-order valence-corrected chi connectivity index (χ1v) is 12.3. The summed E-state index contributed by atoms with van der Waals surface area (Å²) in [4.78, 5) is 7.98. The van der Waals surface area contributed by atoms with Crippen LogP contribution in [0, 0.1) is 5.92 Å². The third kappa shape index (κ3) is 4.77. The lowest BCUT2D eigenvalue weighted by atomic mass is 9.94. The van der Waals surface area contributed by atoms with Crippen LogP contribution >= 0.6 is 0 Å². The van der Waals surface area contributed by atoms with Crippen LogP contribution in [-0.2, 0) is 28.0 Å². The highest BCUT2D eigenvalue weighted by Crippen LogP contribution is 2.32. The van der Waals surface area contributed by atoms with E-state index in [2.05, 4.69) is 14.3 Å². The van der Waals surface area contributed by atoms with Gasteiger partial charge in [0.1, 0.15) is 24.7 Å². The molecule has 0 bridgehead atoms. The Bertz CT molecular complexity index is 1270. The van der Waals surface area contributed by atoms with E-state index in [4.69, 9.17) is 4.98 Å². The molecule has 3 aromatic rings. The first-order chi connectivity index (χ1) is 15.4. The molecule has 0 unspecified atom stereocenters. The molecule has 1 N–H and O–H groups in total. The minimum absolute atomic E-state index is 0.136. The van der Waals surface area contributed by atoms with Crippen molar-refractivity contribution >= 4 is 20.9 Å². The number of halogens is 3. The second-order valence-corrected chi connectivity index (χ2v) is 11.3. The maximum absolute atomic E-state index is 13.1. The summed E-state index contributed by atoms with van der Waals surface area (Å²) >= 11 is 0. The van der Waals surface area contributed by atoms with Crippen molar-refractivity contribution in [3.63, 3.8) is 0 Å². The van der Waals surface area contributed by atoms with E-state index in [1.54, 1.807) is 6.07 Å². The van der Waals surface area contributed by atoms with E-state index < -0.39 is 26.7 Å². The van der Waals surface area contributed by atoms with Gasteiger partial charge >= 0.3 is 6.18 Å². The topological polar surface area (TPSA) is 77.6 Å². The average Bonchev–Trinajstić information content (AvgIpc) is 3.12. The molecule has 1 aromatic carbocycles. The molecule has 10 heteroatoms. The fourth-order valence-electron chi connectivity index (χ4n) is 4.12. The van der Waals surface area contributed by atoms with Gasteiger partial charge in [-0.1, -0.05) is 26.8 Å². The summed E-state index contributed by atoms with van der Waals surface area (Å²) in [6.45, 7) is 8.59. The number of alkyl halides is 3. The zero-order chi connectivity index (χ0) is 24.0. The quantitative estimate of drug-likeness (QED) is 0.513. The van der Waals surface area contributed by atoms with Crippen LogP contribution in [0.4, 0.5) is 13.2 Å². The van der Waals surface area contributed by atoms with Crippen LogP contribution in [0.3, 0.4) is 0 Å². The number of sulfone groups is 1. The molecular weight excluding hydrogens is 455 g/mol. The van der Waals surface area contributed by atoms with Crippen molar-refractivity contribution in [1.82, 2.24) is 14.5 Å². The number of pyridine rings is 1. The normalized spacial score (nSPS) is 16.4. The molecule has 0 aliphatic carbocycles. The van der Waals surface area contributed by atoms with Crippen molar-refractivity contribution in [3.05, 3.63) is 47.9 Å². The van der Waals surface area contributed by atoms with Crippen molar-refractivity contribution in [2.45, 2.75) is 61.7 Å². The van der Waals surface area contributed by atoms with Crippen LogP contribution in [0.15, 0.2) is 46.3 Å². The third-order valence-electron chi connectivity index (χ3n) is 5.82. The van der Waals surface area contributed by atoms with Gasteiger partial charge in [-0.3, -0.25) is 0 Å². The van der Waals surface area contributed by atoms with Crippen LogP contribution < -0.4 is 0 Å². The largest absolute Gasteiger partial charge is 0.434 e. The van der Waals surface area contributed by atoms with E-state index in [-0.39, 0.29) is 10.3 Å². The molecule has 1 aliphatic rings. The number of fused-ring (bicyclic) bond motifs is 1. The Kier molecular flexibility index (Phi) is 6.03. The van der Waals surface area contributed by atoms with E-state index in [1.165, 1.54) is 12.1 Å². The fraction of sp³-hybridized carbons (Fsp3) is 0.478. The Morgan fingerprint density at radius 2 is 1.76 bits per heavy atom. The van der Waals surface area contributed by atoms with Crippen LogP contribution in [-0.4, -0.2) is 40.9 Å². The smallest absolute Gasteiger partial charge is 0.433 e. The zero-order valence-electron chi connectivity index (χ0n) is 18.7. The van der Waals surface area contributed by atoms with Gasteiger partial charge in [0.25, 0.3) is 0 Å². The van der Waals surface area contributed by atoms with Crippen LogP contribution in [0.2, 0.25) is 0 Å². The second-order valence-electron chi connectivity index (χ2n) is 9.42. The number of ether oxygens (including phenoxy) is 1. The molecule has 0 saturated carbocycles. The van der Waals surface area contributed by atoms with Gasteiger partial charge in [0.15, 0.2) is 5.03 Å². The lowest BCUT2D eigenvalue weighted by Crippen LogP contribution is -2.26. The van der Waals surface area contributed by atoms with Crippen LogP contribution in [0.1, 0.15) is 45.1 Å². The molecule has 33 heavy (non-hydrogen) atoms. The first kappa shape index (κ1) is 23.7. The minimum Gasteiger partial charge on any atom is -0.434 e. The van der Waals surface area contributed by atoms with Gasteiger partial charge in [-0.2, -0.15) is 13.2 Å². The van der Waals surface area contributed by atoms with E-state index in [1.807, 2.05) is 20.8 Å². The van der Waals surface area contributed by atoms with Crippen molar-refractivity contribution in [2.24, 2.45) is 5.92 Å². The molecule has 6 nitrogen and oxygen atoms in total. The van der Waals surface area contributed by atoms with Gasteiger partial charge in [-0.25, -0.2) is 18.4 Å². The lowest BCUT2D eigenvalue weighted by molar-refractivity contribution is -0.141. The maximum Gasteiger partial charge on any atom is 0.433 e. The molecule has 178 valence electrons. The molecule has 0 spiro atoms. The molecular formula is C23H27F3N3O3S+. The number of aliphatic hydroxyl groups is 2. The Balaban J connectivity index is 1.78. The summed E-state index contributed by atoms with van der Waals surface area (Å²) in [5.74, 6) is 1.30. The molecule has 0 atom stereocenters. The van der Waals surface area contributed by atoms with Gasteiger partial charge in [-0.15, -0.1) is 0 Å². The summed E-state index contributed by atoms with van der Waals surface area (Å²) in [6.07, 6.45) is -2.74. The van der Waals surface area contributed by atoms with Crippen LogP contribution in [0.5, 0.6) is 0 Å². The number of rotatable bonds is 4.